The van der Waals surface area contributed by atoms with E-state index in [1.54, 1.807) is 0 Å². The minimum absolute atomic E-state index is 0.163. The molecule has 356 valence electrons. The van der Waals surface area contributed by atoms with Crippen molar-refractivity contribution < 1.29 is 82.8 Å². The maximum Gasteiger partial charge on any atom is 0.246 e. The second kappa shape index (κ2) is 22.3. The number of rotatable bonds is 17. The van der Waals surface area contributed by atoms with E-state index >= 15 is 0 Å². The molecule has 0 aliphatic carbocycles. The summed E-state index contributed by atoms with van der Waals surface area (Å²) in [5.41, 5.74) is 5.28. The first kappa shape index (κ1) is 51.0. The highest BCUT2D eigenvalue weighted by Gasteiger charge is 2.53. The highest BCUT2D eigenvalue weighted by molar-refractivity contribution is 5.96. The van der Waals surface area contributed by atoms with Crippen LogP contribution in [-0.4, -0.2) is 206 Å². The van der Waals surface area contributed by atoms with Gasteiger partial charge in [-0.1, -0.05) is 0 Å². The van der Waals surface area contributed by atoms with Gasteiger partial charge in [0.2, 0.25) is 47.3 Å². The third kappa shape index (κ3) is 12.4. The minimum atomic E-state index is -1.76. The van der Waals surface area contributed by atoms with E-state index in [0.29, 0.717) is 19.3 Å². The second-order valence-electron chi connectivity index (χ2n) is 16.2. The Morgan fingerprint density at radius 3 is 1.83 bits per heavy atom. The van der Waals surface area contributed by atoms with E-state index in [9.17, 15) is 63.9 Å². The number of nitrogens with one attached hydrogen (secondary N) is 5. The summed E-state index contributed by atoms with van der Waals surface area (Å²) in [6, 6.07) is -8.62. The molecule has 4 aliphatic heterocycles. The Bertz CT molecular complexity index is 1690. The normalized spacial score (nSPS) is 32.7. The van der Waals surface area contributed by atoms with Crippen molar-refractivity contribution in [2.75, 3.05) is 26.3 Å². The molecule has 25 heteroatoms. The molecule has 0 aromatic heterocycles. The number of carbonyl (C=O) groups excluding carboxylic acids is 8. The number of aliphatic hydroxyl groups is 5. The van der Waals surface area contributed by atoms with Crippen LogP contribution in [-0.2, 0) is 57.3 Å². The molecule has 25 nitrogen and oxygen atoms in total. The van der Waals surface area contributed by atoms with Crippen LogP contribution in [0.15, 0.2) is 0 Å². The molecule has 4 aliphatic rings. The van der Waals surface area contributed by atoms with Gasteiger partial charge in [-0.05, 0) is 46.5 Å². The van der Waals surface area contributed by atoms with Gasteiger partial charge in [0.15, 0.2) is 12.6 Å². The Kier molecular flexibility index (Phi) is 18.1. The van der Waals surface area contributed by atoms with Crippen molar-refractivity contribution >= 4 is 47.3 Å². The first-order chi connectivity index (χ1) is 29.6. The van der Waals surface area contributed by atoms with Gasteiger partial charge >= 0.3 is 0 Å². The molecule has 0 aromatic rings. The van der Waals surface area contributed by atoms with Crippen molar-refractivity contribution in [1.82, 2.24) is 36.4 Å². The predicted octanol–water partition coefficient (Wildman–Crippen LogP) is -6.72. The maximum atomic E-state index is 13.9. The van der Waals surface area contributed by atoms with Crippen molar-refractivity contribution in [3.05, 3.63) is 0 Å². The molecular formula is C38H62N8O17. The molecule has 0 spiro atoms. The lowest BCUT2D eigenvalue weighted by Gasteiger charge is -2.48. The molecule has 0 saturated carbocycles. The van der Waals surface area contributed by atoms with E-state index in [0.717, 1.165) is 20.8 Å². The lowest BCUT2D eigenvalue weighted by atomic mass is 9.94. The largest absolute Gasteiger partial charge is 0.394 e. The summed E-state index contributed by atoms with van der Waals surface area (Å²) in [6.45, 7) is 6.23. The van der Waals surface area contributed by atoms with Crippen LogP contribution in [0.1, 0.15) is 67.2 Å². The SMILES string of the molecule is CC(=O)NC(C(=O)NC(C)C(=O)N1CCCC1C(=O)N1CCCC1C(=O)NC(C)C(N)=O)C(C)O[C@H]1OC(CO)[C@H](O)C(O[C@@H]2OC(CO)[C@@H](O)C(O)[C@@H]2NC(C)=O)[C@@H]1NC(C)=O. The number of hydrogen-bond donors (Lipinski definition) is 11. The zero-order chi connectivity index (χ0) is 47.0. The molecule has 12 N–H and O–H groups in total. The Hall–Kier alpha value is -4.60. The summed E-state index contributed by atoms with van der Waals surface area (Å²) in [6.07, 6.45) is -12.9. The molecule has 4 rings (SSSR count). The summed E-state index contributed by atoms with van der Waals surface area (Å²) < 4.78 is 23.7. The molecule has 8 amide bonds. The molecule has 10 unspecified atom stereocenters. The van der Waals surface area contributed by atoms with Crippen molar-refractivity contribution in [3.8, 4) is 0 Å². The number of primary amides is 1. The fourth-order valence-electron chi connectivity index (χ4n) is 8.16. The number of carbonyl (C=O) groups is 8. The van der Waals surface area contributed by atoms with Gasteiger partial charge in [-0.3, -0.25) is 38.4 Å². The van der Waals surface area contributed by atoms with Gasteiger partial charge in [0.25, 0.3) is 0 Å². The van der Waals surface area contributed by atoms with Crippen LogP contribution in [0, 0.1) is 0 Å². The molecular weight excluding hydrogens is 840 g/mol. The van der Waals surface area contributed by atoms with E-state index in [-0.39, 0.29) is 19.5 Å². The molecule has 4 saturated heterocycles. The Balaban J connectivity index is 1.52. The summed E-state index contributed by atoms with van der Waals surface area (Å²) in [7, 11) is 0. The van der Waals surface area contributed by atoms with Gasteiger partial charge in [-0.2, -0.15) is 0 Å². The van der Waals surface area contributed by atoms with Crippen LogP contribution < -0.4 is 32.3 Å². The summed E-state index contributed by atoms with van der Waals surface area (Å²) in [5.74, 6) is -5.42. The Labute approximate surface area is 363 Å². The number of nitrogens with zero attached hydrogens (tertiary/aromatic N) is 2. The van der Waals surface area contributed by atoms with Crippen molar-refractivity contribution in [2.24, 2.45) is 5.73 Å². The highest BCUT2D eigenvalue weighted by atomic mass is 16.7. The van der Waals surface area contributed by atoms with E-state index in [1.807, 2.05) is 0 Å². The Morgan fingerprint density at radius 1 is 0.698 bits per heavy atom. The standard InChI is InChI=1S/C38H62N8O17/c1-15(32(39)55)40-33(56)21-9-7-11-45(21)36(59)22-10-8-12-46(22)35(58)16(2)41-34(57)25(42-18(4)49)17(3)60-38-27(44-20(6)51)31(29(53)24(14-48)62-38)63-37-26(43-19(5)50)30(54)28(52)23(13-47)61-37/h15-17,21-31,37-38,47-48,52-54H,7-14H2,1-6H3,(H2,39,55)(H,40,56)(H,41,57)(H,42,49)(H,43,50)(H,44,51)/t15?,16?,17?,21?,22?,23?,24?,25?,26-,27-,28+,29-,30?,31?,37-,38-/m0/s1. The van der Waals surface area contributed by atoms with E-state index in [4.69, 9.17) is 24.7 Å². The zero-order valence-corrected chi connectivity index (χ0v) is 36.0. The molecule has 16 atom stereocenters. The fourth-order valence-corrected chi connectivity index (χ4v) is 8.16. The fraction of sp³-hybridized carbons (Fsp3) is 0.789. The molecule has 0 radical (unpaired) electrons. The summed E-state index contributed by atoms with van der Waals surface area (Å²) in [4.78, 5) is 106. The van der Waals surface area contributed by atoms with Crippen LogP contribution >= 0.6 is 0 Å². The third-order valence-electron chi connectivity index (χ3n) is 11.4. The van der Waals surface area contributed by atoms with Crippen LogP contribution in [0.4, 0.5) is 0 Å². The van der Waals surface area contributed by atoms with Crippen molar-refractivity contribution in [1.29, 1.82) is 0 Å². The minimum Gasteiger partial charge on any atom is -0.394 e. The third-order valence-corrected chi connectivity index (χ3v) is 11.4. The smallest absolute Gasteiger partial charge is 0.246 e. The Morgan fingerprint density at radius 2 is 1.25 bits per heavy atom. The summed E-state index contributed by atoms with van der Waals surface area (Å²) in [5, 5.41) is 65.1. The van der Waals surface area contributed by atoms with Gasteiger partial charge < -0.3 is 86.6 Å². The van der Waals surface area contributed by atoms with Crippen LogP contribution in [0.3, 0.4) is 0 Å². The number of likely N-dealkylation sites (tertiary alicyclic amines) is 2. The lowest BCUT2D eigenvalue weighted by Crippen LogP contribution is -2.70. The lowest BCUT2D eigenvalue weighted by molar-refractivity contribution is -0.332. The number of hydrogen-bond acceptors (Lipinski definition) is 17. The monoisotopic (exact) mass is 902 g/mol. The van der Waals surface area contributed by atoms with Gasteiger partial charge in [0.1, 0.15) is 78.9 Å². The number of amides is 8. The zero-order valence-electron chi connectivity index (χ0n) is 36.0. The average Bonchev–Trinajstić information content (AvgIpc) is 3.92. The predicted molar refractivity (Wildman–Crippen MR) is 212 cm³/mol. The average molecular weight is 903 g/mol. The molecule has 4 heterocycles. The van der Waals surface area contributed by atoms with Gasteiger partial charge in [-0.25, -0.2) is 0 Å². The number of aliphatic hydroxyl groups excluding tert-OH is 5. The number of nitrogens with two attached hydrogens (primary N) is 1. The number of ether oxygens (including phenoxy) is 4. The molecule has 4 fully saturated rings. The van der Waals surface area contributed by atoms with Gasteiger partial charge in [0, 0.05) is 33.9 Å². The first-order valence-electron chi connectivity index (χ1n) is 20.8. The van der Waals surface area contributed by atoms with Gasteiger partial charge in [-0.15, -0.1) is 0 Å². The first-order valence-corrected chi connectivity index (χ1v) is 20.8. The maximum absolute atomic E-state index is 13.9. The highest BCUT2D eigenvalue weighted by Crippen LogP contribution is 2.31. The van der Waals surface area contributed by atoms with Crippen molar-refractivity contribution in [3.63, 3.8) is 0 Å². The van der Waals surface area contributed by atoms with E-state index in [2.05, 4.69) is 26.6 Å². The van der Waals surface area contributed by atoms with Crippen molar-refractivity contribution in [2.45, 2.75) is 165 Å². The topological polar surface area (TPSA) is 367 Å². The quantitative estimate of drug-likeness (QED) is 0.0646. The summed E-state index contributed by atoms with van der Waals surface area (Å²) >= 11 is 0. The molecule has 0 bridgehead atoms. The second-order valence-corrected chi connectivity index (χ2v) is 16.2. The van der Waals surface area contributed by atoms with Gasteiger partial charge in [0.05, 0.1) is 19.3 Å². The molecule has 0 aromatic carbocycles. The van der Waals surface area contributed by atoms with Crippen LogP contribution in [0.5, 0.6) is 0 Å². The van der Waals surface area contributed by atoms with Crippen LogP contribution in [0.2, 0.25) is 0 Å². The molecule has 63 heavy (non-hydrogen) atoms. The van der Waals surface area contributed by atoms with E-state index in [1.165, 1.54) is 30.6 Å². The van der Waals surface area contributed by atoms with Crippen LogP contribution in [0.25, 0.3) is 0 Å². The van der Waals surface area contributed by atoms with E-state index < -0.39 is 158 Å².